The number of nitrogens with zero attached hydrogens (tertiary/aromatic N) is 2. The lowest BCUT2D eigenvalue weighted by molar-refractivity contribution is -0.138. The SMILES string of the molecule is NCCN1C[C@@]23CC[C@@H](O2)[C@@H](C(=O)NCc2ccccn2)[C@H]3C1=O. The van der Waals surface area contributed by atoms with E-state index in [2.05, 4.69) is 10.3 Å². The minimum absolute atomic E-state index is 0.0145. The van der Waals surface area contributed by atoms with Crippen molar-refractivity contribution in [1.82, 2.24) is 15.2 Å². The summed E-state index contributed by atoms with van der Waals surface area (Å²) in [6, 6.07) is 5.58. The number of amides is 2. The number of fused-ring (bicyclic) bond motifs is 1. The summed E-state index contributed by atoms with van der Waals surface area (Å²) in [5.41, 5.74) is 5.92. The zero-order valence-corrected chi connectivity index (χ0v) is 13.5. The molecule has 0 radical (unpaired) electrons. The van der Waals surface area contributed by atoms with Crippen molar-refractivity contribution in [2.24, 2.45) is 17.6 Å². The monoisotopic (exact) mass is 330 g/mol. The van der Waals surface area contributed by atoms with Gasteiger partial charge in [0.1, 0.15) is 0 Å². The van der Waals surface area contributed by atoms with E-state index in [1.165, 1.54) is 0 Å². The predicted octanol–water partition coefficient (Wildman–Crippen LogP) is -0.337. The van der Waals surface area contributed by atoms with Gasteiger partial charge in [0.05, 0.1) is 42.3 Å². The lowest BCUT2D eigenvalue weighted by atomic mass is 9.73. The molecule has 3 aliphatic rings. The largest absolute Gasteiger partial charge is 0.368 e. The van der Waals surface area contributed by atoms with Gasteiger partial charge in [-0.3, -0.25) is 14.6 Å². The maximum Gasteiger partial charge on any atom is 0.229 e. The number of nitrogens with two attached hydrogens (primary N) is 1. The number of hydrogen-bond acceptors (Lipinski definition) is 5. The van der Waals surface area contributed by atoms with Gasteiger partial charge in [0.2, 0.25) is 11.8 Å². The van der Waals surface area contributed by atoms with Gasteiger partial charge in [-0.1, -0.05) is 6.07 Å². The Balaban J connectivity index is 1.49. The van der Waals surface area contributed by atoms with Crippen LogP contribution in [0.3, 0.4) is 0 Å². The fourth-order valence-corrected chi connectivity index (χ4v) is 4.48. The van der Waals surface area contributed by atoms with Crippen LogP contribution in [0.4, 0.5) is 0 Å². The second-order valence-electron chi connectivity index (χ2n) is 6.85. The molecule has 4 atom stereocenters. The minimum atomic E-state index is -0.482. The molecule has 3 saturated heterocycles. The van der Waals surface area contributed by atoms with Gasteiger partial charge in [-0.15, -0.1) is 0 Å². The average molecular weight is 330 g/mol. The van der Waals surface area contributed by atoms with Crippen LogP contribution in [0.1, 0.15) is 18.5 Å². The highest BCUT2D eigenvalue weighted by Crippen LogP contribution is 2.55. The second-order valence-corrected chi connectivity index (χ2v) is 6.85. The van der Waals surface area contributed by atoms with Gasteiger partial charge in [-0.05, 0) is 25.0 Å². The summed E-state index contributed by atoms with van der Waals surface area (Å²) in [7, 11) is 0. The molecule has 128 valence electrons. The van der Waals surface area contributed by atoms with E-state index < -0.39 is 11.5 Å². The van der Waals surface area contributed by atoms with Gasteiger partial charge in [0.25, 0.3) is 0 Å². The summed E-state index contributed by atoms with van der Waals surface area (Å²) >= 11 is 0. The van der Waals surface area contributed by atoms with Gasteiger partial charge in [-0.25, -0.2) is 0 Å². The molecule has 7 heteroatoms. The first-order valence-electron chi connectivity index (χ1n) is 8.49. The number of carbonyl (C=O) groups excluding carboxylic acids is 2. The van der Waals surface area contributed by atoms with Crippen molar-refractivity contribution in [3.63, 3.8) is 0 Å². The van der Waals surface area contributed by atoms with E-state index in [0.717, 1.165) is 18.5 Å². The van der Waals surface area contributed by atoms with Gasteiger partial charge >= 0.3 is 0 Å². The Morgan fingerprint density at radius 3 is 3.12 bits per heavy atom. The number of carbonyl (C=O) groups is 2. The average Bonchev–Trinajstić information content (AvgIpc) is 3.23. The molecule has 4 heterocycles. The molecule has 3 fully saturated rings. The molecule has 7 nitrogen and oxygen atoms in total. The molecule has 1 aromatic rings. The fourth-order valence-electron chi connectivity index (χ4n) is 4.48. The van der Waals surface area contributed by atoms with Crippen LogP contribution < -0.4 is 11.1 Å². The quantitative estimate of drug-likeness (QED) is 0.770. The number of aromatic nitrogens is 1. The molecule has 0 unspecified atom stereocenters. The molecule has 0 aromatic carbocycles. The first-order chi connectivity index (χ1) is 11.6. The van der Waals surface area contributed by atoms with Crippen LogP contribution in [0.5, 0.6) is 0 Å². The number of likely N-dealkylation sites (tertiary alicyclic amines) is 1. The smallest absolute Gasteiger partial charge is 0.229 e. The predicted molar refractivity (Wildman–Crippen MR) is 85.5 cm³/mol. The molecule has 0 saturated carbocycles. The van der Waals surface area contributed by atoms with E-state index in [0.29, 0.717) is 26.2 Å². The zero-order chi connectivity index (χ0) is 16.7. The van der Waals surface area contributed by atoms with Crippen LogP contribution in [-0.4, -0.2) is 53.0 Å². The topological polar surface area (TPSA) is 97.5 Å². The normalized spacial score (nSPS) is 33.8. The van der Waals surface area contributed by atoms with Gasteiger partial charge in [0.15, 0.2) is 0 Å². The van der Waals surface area contributed by atoms with E-state index in [1.807, 2.05) is 18.2 Å². The Morgan fingerprint density at radius 2 is 2.38 bits per heavy atom. The van der Waals surface area contributed by atoms with Crippen molar-refractivity contribution >= 4 is 11.8 Å². The van der Waals surface area contributed by atoms with Crippen LogP contribution in [0.2, 0.25) is 0 Å². The van der Waals surface area contributed by atoms with E-state index in [4.69, 9.17) is 10.5 Å². The van der Waals surface area contributed by atoms with Crippen LogP contribution in [0.25, 0.3) is 0 Å². The number of ether oxygens (including phenoxy) is 1. The maximum atomic E-state index is 12.7. The van der Waals surface area contributed by atoms with Gasteiger partial charge in [-0.2, -0.15) is 0 Å². The molecule has 3 N–H and O–H groups in total. The molecule has 0 aliphatic carbocycles. The highest BCUT2D eigenvalue weighted by Gasteiger charge is 2.68. The maximum absolute atomic E-state index is 12.7. The number of pyridine rings is 1. The summed E-state index contributed by atoms with van der Waals surface area (Å²) in [5.74, 6) is -0.870. The van der Waals surface area contributed by atoms with Gasteiger partial charge in [0, 0.05) is 19.3 Å². The van der Waals surface area contributed by atoms with Crippen molar-refractivity contribution in [3.8, 4) is 0 Å². The summed E-state index contributed by atoms with van der Waals surface area (Å²) in [5, 5.41) is 2.93. The Labute approximate surface area is 140 Å². The minimum Gasteiger partial charge on any atom is -0.368 e. The van der Waals surface area contributed by atoms with Gasteiger partial charge < -0.3 is 20.7 Å². The number of rotatable bonds is 5. The van der Waals surface area contributed by atoms with Crippen LogP contribution in [-0.2, 0) is 20.9 Å². The first kappa shape index (κ1) is 15.5. The molecule has 2 bridgehead atoms. The third kappa shape index (κ3) is 2.31. The standard InChI is InChI=1S/C17H22N4O3/c18-6-8-21-10-17-5-4-12(24-17)13(14(17)16(21)23)15(22)20-9-11-3-1-2-7-19-11/h1-3,7,12-14H,4-6,8-10,18H2,(H,20,22)/t12-,13-,14+,17-/m1/s1. The number of nitrogens with one attached hydrogen (secondary N) is 1. The van der Waals surface area contributed by atoms with Crippen LogP contribution in [0.15, 0.2) is 24.4 Å². The number of hydrogen-bond donors (Lipinski definition) is 2. The molecule has 2 amide bonds. The van der Waals surface area contributed by atoms with E-state index in [1.54, 1.807) is 11.1 Å². The van der Waals surface area contributed by atoms with E-state index in [-0.39, 0.29) is 23.8 Å². The lowest BCUT2D eigenvalue weighted by Gasteiger charge is -2.26. The van der Waals surface area contributed by atoms with Crippen molar-refractivity contribution in [1.29, 1.82) is 0 Å². The summed E-state index contributed by atoms with van der Waals surface area (Å²) in [6.07, 6.45) is 3.23. The van der Waals surface area contributed by atoms with Crippen LogP contribution >= 0.6 is 0 Å². The van der Waals surface area contributed by atoms with Crippen molar-refractivity contribution in [3.05, 3.63) is 30.1 Å². The first-order valence-corrected chi connectivity index (χ1v) is 8.49. The molecule has 4 rings (SSSR count). The summed E-state index contributed by atoms with van der Waals surface area (Å²) in [4.78, 5) is 31.5. The van der Waals surface area contributed by atoms with Crippen LogP contribution in [0, 0.1) is 11.8 Å². The molecular weight excluding hydrogens is 308 g/mol. The lowest BCUT2D eigenvalue weighted by Crippen LogP contribution is -2.45. The summed E-state index contributed by atoms with van der Waals surface area (Å²) < 4.78 is 6.14. The zero-order valence-electron chi connectivity index (χ0n) is 13.5. The second kappa shape index (κ2) is 5.82. The summed E-state index contributed by atoms with van der Waals surface area (Å²) in [6.45, 7) is 1.87. The van der Waals surface area contributed by atoms with E-state index >= 15 is 0 Å². The molecule has 3 aliphatic heterocycles. The fraction of sp³-hybridized carbons (Fsp3) is 0.588. The third-order valence-corrected chi connectivity index (χ3v) is 5.47. The Kier molecular flexibility index (Phi) is 3.77. The Bertz CT molecular complexity index is 652. The highest BCUT2D eigenvalue weighted by atomic mass is 16.5. The Morgan fingerprint density at radius 1 is 1.50 bits per heavy atom. The van der Waals surface area contributed by atoms with Crippen molar-refractivity contribution in [2.45, 2.75) is 31.1 Å². The van der Waals surface area contributed by atoms with Crippen molar-refractivity contribution < 1.29 is 14.3 Å². The van der Waals surface area contributed by atoms with Crippen molar-refractivity contribution in [2.75, 3.05) is 19.6 Å². The Hall–Kier alpha value is -1.99. The molecule has 1 aromatic heterocycles. The van der Waals surface area contributed by atoms with E-state index in [9.17, 15) is 9.59 Å². The molecule has 24 heavy (non-hydrogen) atoms. The molecular formula is C17H22N4O3. The third-order valence-electron chi connectivity index (χ3n) is 5.47. The highest BCUT2D eigenvalue weighted by molar-refractivity contribution is 5.92. The molecule has 1 spiro atoms.